The quantitative estimate of drug-likeness (QED) is 0.716. The van der Waals surface area contributed by atoms with E-state index in [1.165, 1.54) is 11.6 Å². The summed E-state index contributed by atoms with van der Waals surface area (Å²) in [4.78, 5) is 25.9. The van der Waals surface area contributed by atoms with Gasteiger partial charge in [-0.25, -0.2) is 22.0 Å². The number of hydrogen-bond donors (Lipinski definition) is 0. The predicted molar refractivity (Wildman–Crippen MR) is 99.0 cm³/mol. The van der Waals surface area contributed by atoms with Crippen molar-refractivity contribution < 1.29 is 17.2 Å². The summed E-state index contributed by atoms with van der Waals surface area (Å²) in [5.74, 6) is -2.35. The highest BCUT2D eigenvalue weighted by Gasteiger charge is 2.31. The minimum atomic E-state index is -3.99. The fraction of sp³-hybridized carbons (Fsp3) is 0.412. The highest BCUT2D eigenvalue weighted by atomic mass is 32.2. The molecule has 0 unspecified atom stereocenters. The molecule has 0 amide bonds. The molecule has 1 aliphatic heterocycles. The summed E-state index contributed by atoms with van der Waals surface area (Å²) in [5, 5.41) is 0. The second-order valence-corrected chi connectivity index (χ2v) is 8.54. The van der Waals surface area contributed by atoms with Crippen molar-refractivity contribution in [2.45, 2.75) is 11.8 Å². The Bertz CT molecular complexity index is 1150. The van der Waals surface area contributed by atoms with E-state index < -0.39 is 32.9 Å². The number of halogens is 2. The van der Waals surface area contributed by atoms with Gasteiger partial charge in [0, 0.05) is 46.0 Å². The number of anilines is 1. The zero-order valence-electron chi connectivity index (χ0n) is 15.6. The molecule has 2 heterocycles. The minimum Gasteiger partial charge on any atom is -0.363 e. The van der Waals surface area contributed by atoms with Crippen LogP contribution in [0.1, 0.15) is 5.69 Å². The number of piperazine rings is 1. The van der Waals surface area contributed by atoms with Crippen LogP contribution in [0.15, 0.2) is 32.7 Å². The Balaban J connectivity index is 1.87. The van der Waals surface area contributed by atoms with Crippen molar-refractivity contribution in [1.82, 2.24) is 13.4 Å². The molecule has 0 atom stereocenters. The van der Waals surface area contributed by atoms with Crippen molar-refractivity contribution in [3.05, 3.63) is 56.4 Å². The zero-order valence-corrected chi connectivity index (χ0v) is 16.5. The molecule has 1 aliphatic rings. The first-order valence-electron chi connectivity index (χ1n) is 8.52. The normalized spacial score (nSPS) is 15.8. The first-order valence-corrected chi connectivity index (χ1v) is 9.96. The van der Waals surface area contributed by atoms with Gasteiger partial charge in [0.15, 0.2) is 11.6 Å². The molecular weight excluding hydrogens is 394 g/mol. The third kappa shape index (κ3) is 3.24. The molecule has 1 aromatic heterocycles. The molecule has 3 rings (SSSR count). The van der Waals surface area contributed by atoms with Crippen molar-refractivity contribution in [3.63, 3.8) is 0 Å². The van der Waals surface area contributed by atoms with Crippen LogP contribution in [0.3, 0.4) is 0 Å². The molecule has 1 aromatic carbocycles. The van der Waals surface area contributed by atoms with Crippen LogP contribution >= 0.6 is 0 Å². The van der Waals surface area contributed by atoms with Crippen LogP contribution in [0, 0.1) is 18.6 Å². The van der Waals surface area contributed by atoms with E-state index in [9.17, 15) is 26.8 Å². The highest BCUT2D eigenvalue weighted by Crippen LogP contribution is 2.22. The maximum absolute atomic E-state index is 13.4. The van der Waals surface area contributed by atoms with Crippen LogP contribution in [0.2, 0.25) is 0 Å². The minimum absolute atomic E-state index is 0.0623. The number of aromatic nitrogens is 2. The fourth-order valence-electron chi connectivity index (χ4n) is 3.23. The van der Waals surface area contributed by atoms with E-state index in [4.69, 9.17) is 0 Å². The van der Waals surface area contributed by atoms with E-state index in [1.807, 2.05) is 0 Å². The van der Waals surface area contributed by atoms with Gasteiger partial charge < -0.3 is 4.90 Å². The Morgan fingerprint density at radius 3 is 2.11 bits per heavy atom. The summed E-state index contributed by atoms with van der Waals surface area (Å²) in [7, 11) is -1.04. The van der Waals surface area contributed by atoms with Crippen molar-refractivity contribution in [2.24, 2.45) is 14.1 Å². The van der Waals surface area contributed by atoms with Crippen molar-refractivity contribution in [1.29, 1.82) is 0 Å². The average molecular weight is 414 g/mol. The lowest BCUT2D eigenvalue weighted by molar-refractivity contribution is 0.383. The first kappa shape index (κ1) is 20.2. The number of benzene rings is 1. The van der Waals surface area contributed by atoms with Crippen LogP contribution in [-0.2, 0) is 24.1 Å². The van der Waals surface area contributed by atoms with Gasteiger partial charge in [-0.2, -0.15) is 4.31 Å². The van der Waals surface area contributed by atoms with E-state index in [1.54, 1.807) is 18.9 Å². The summed E-state index contributed by atoms with van der Waals surface area (Å²) in [6.45, 7) is 2.22. The van der Waals surface area contributed by atoms with Gasteiger partial charge in [0.25, 0.3) is 5.56 Å². The largest absolute Gasteiger partial charge is 0.363 e. The van der Waals surface area contributed by atoms with E-state index in [0.29, 0.717) is 17.4 Å². The number of hydrogen-bond acceptors (Lipinski definition) is 5. The smallest absolute Gasteiger partial charge is 0.330 e. The van der Waals surface area contributed by atoms with Gasteiger partial charge in [0.2, 0.25) is 10.0 Å². The monoisotopic (exact) mass is 414 g/mol. The second-order valence-electron chi connectivity index (χ2n) is 6.61. The van der Waals surface area contributed by atoms with Gasteiger partial charge in [-0.05, 0) is 25.1 Å². The van der Waals surface area contributed by atoms with Gasteiger partial charge in [0.1, 0.15) is 5.69 Å². The third-order valence-corrected chi connectivity index (χ3v) is 6.91. The Morgan fingerprint density at radius 1 is 0.929 bits per heavy atom. The molecule has 1 fully saturated rings. The molecule has 0 spiro atoms. The van der Waals surface area contributed by atoms with Gasteiger partial charge in [-0.3, -0.25) is 13.9 Å². The van der Waals surface area contributed by atoms with E-state index in [0.717, 1.165) is 21.0 Å². The maximum Gasteiger partial charge on any atom is 0.330 e. The molecule has 0 radical (unpaired) electrons. The molecule has 2 aromatic rings. The standard InChI is InChI=1S/C17H20F2N4O4S/c1-11-15(16(24)21(3)17(25)20(11)2)22-6-8-23(9-7-22)28(26,27)12-4-5-13(18)14(19)10-12/h4-5,10H,6-9H2,1-3H3. The van der Waals surface area contributed by atoms with Crippen molar-refractivity contribution in [2.75, 3.05) is 31.1 Å². The molecule has 28 heavy (non-hydrogen) atoms. The lowest BCUT2D eigenvalue weighted by Crippen LogP contribution is -2.51. The van der Waals surface area contributed by atoms with Crippen LogP contribution in [0.4, 0.5) is 14.5 Å². The van der Waals surface area contributed by atoms with Crippen LogP contribution in [-0.4, -0.2) is 48.0 Å². The zero-order chi connectivity index (χ0) is 20.8. The van der Waals surface area contributed by atoms with E-state index >= 15 is 0 Å². The molecule has 0 N–H and O–H groups in total. The van der Waals surface area contributed by atoms with Crippen molar-refractivity contribution >= 4 is 15.7 Å². The number of rotatable bonds is 3. The predicted octanol–water partition coefficient (Wildman–Crippen LogP) is 0.182. The number of nitrogens with zero attached hydrogens (tertiary/aromatic N) is 4. The summed E-state index contributed by atoms with van der Waals surface area (Å²) in [6.07, 6.45) is 0. The summed E-state index contributed by atoms with van der Waals surface area (Å²) in [5.41, 5.74) is -0.0530. The molecule has 152 valence electrons. The van der Waals surface area contributed by atoms with Gasteiger partial charge in [0.05, 0.1) is 4.90 Å². The molecule has 0 bridgehead atoms. The Morgan fingerprint density at radius 2 is 1.54 bits per heavy atom. The fourth-order valence-corrected chi connectivity index (χ4v) is 4.66. The number of sulfonamides is 1. The first-order chi connectivity index (χ1) is 13.1. The topological polar surface area (TPSA) is 84.6 Å². The lowest BCUT2D eigenvalue weighted by atomic mass is 10.2. The van der Waals surface area contributed by atoms with E-state index in [-0.39, 0.29) is 31.1 Å². The molecule has 0 saturated carbocycles. The van der Waals surface area contributed by atoms with Gasteiger partial charge in [-0.15, -0.1) is 0 Å². The van der Waals surface area contributed by atoms with E-state index in [2.05, 4.69) is 0 Å². The van der Waals surface area contributed by atoms with Crippen LogP contribution in [0.5, 0.6) is 0 Å². The van der Waals surface area contributed by atoms with Crippen LogP contribution in [0.25, 0.3) is 0 Å². The van der Waals surface area contributed by atoms with Crippen molar-refractivity contribution in [3.8, 4) is 0 Å². The molecule has 8 nitrogen and oxygen atoms in total. The SMILES string of the molecule is Cc1c(N2CCN(S(=O)(=O)c3ccc(F)c(F)c3)CC2)c(=O)n(C)c(=O)n1C. The Hall–Kier alpha value is -2.53. The Labute approximate surface area is 160 Å². The van der Waals surface area contributed by atoms with Crippen LogP contribution < -0.4 is 16.1 Å². The summed E-state index contributed by atoms with van der Waals surface area (Å²) < 4.78 is 55.4. The summed E-state index contributed by atoms with van der Waals surface area (Å²) >= 11 is 0. The maximum atomic E-state index is 13.4. The van der Waals surface area contributed by atoms with Gasteiger partial charge in [-0.1, -0.05) is 0 Å². The summed E-state index contributed by atoms with van der Waals surface area (Å²) in [6, 6.07) is 2.45. The third-order valence-electron chi connectivity index (χ3n) is 5.01. The molecule has 1 saturated heterocycles. The second kappa shape index (κ2) is 7.13. The Kier molecular flexibility index (Phi) is 5.15. The molecule has 11 heteroatoms. The average Bonchev–Trinajstić information content (AvgIpc) is 2.67. The molecular formula is C17H20F2N4O4S. The van der Waals surface area contributed by atoms with Gasteiger partial charge >= 0.3 is 5.69 Å². The lowest BCUT2D eigenvalue weighted by Gasteiger charge is -2.35. The highest BCUT2D eigenvalue weighted by molar-refractivity contribution is 7.89. The molecule has 0 aliphatic carbocycles.